The number of aliphatic hydroxyl groups is 1. The predicted molar refractivity (Wildman–Crippen MR) is 62.9 cm³/mol. The molecule has 0 aromatic heterocycles. The van der Waals surface area contributed by atoms with Crippen LogP contribution < -0.4 is 0 Å². The Bertz CT molecular complexity index is 444. The van der Waals surface area contributed by atoms with Crippen molar-refractivity contribution in [3.63, 3.8) is 0 Å². The molecule has 1 saturated carbocycles. The van der Waals surface area contributed by atoms with Crippen molar-refractivity contribution < 1.29 is 13.9 Å². The first-order valence-electron chi connectivity index (χ1n) is 6.03. The first kappa shape index (κ1) is 12.5. The lowest BCUT2D eigenvalue weighted by Crippen LogP contribution is -2.49. The third-order valence-corrected chi connectivity index (χ3v) is 4.43. The molecule has 1 aliphatic carbocycles. The summed E-state index contributed by atoms with van der Waals surface area (Å²) in [5.41, 5.74) is 0.398. The molecule has 17 heavy (non-hydrogen) atoms. The van der Waals surface area contributed by atoms with Crippen molar-refractivity contribution in [2.24, 2.45) is 5.41 Å². The van der Waals surface area contributed by atoms with Crippen LogP contribution in [0.1, 0.15) is 43.7 Å². The first-order valence-corrected chi connectivity index (χ1v) is 6.03. The molecule has 0 radical (unpaired) electrons. The fourth-order valence-electron chi connectivity index (χ4n) is 2.73. The van der Waals surface area contributed by atoms with Crippen LogP contribution in [0.4, 0.5) is 8.78 Å². The maximum atomic E-state index is 13.9. The lowest BCUT2D eigenvalue weighted by Gasteiger charge is -2.51. The zero-order valence-corrected chi connectivity index (χ0v) is 10.4. The van der Waals surface area contributed by atoms with Gasteiger partial charge in [0.1, 0.15) is 11.6 Å². The standard InChI is InChI=1S/C14H18F2O/c1-4-14(3)10(7-13(14)17)9-6-11(15)8(2)5-12(9)16/h5-6,10,13,17H,4,7H2,1-3H3. The van der Waals surface area contributed by atoms with Gasteiger partial charge in [-0.05, 0) is 48.9 Å². The number of hydrogen-bond donors (Lipinski definition) is 1. The molecule has 2 rings (SSSR count). The van der Waals surface area contributed by atoms with E-state index in [0.29, 0.717) is 17.5 Å². The Labute approximate surface area is 100 Å². The summed E-state index contributed by atoms with van der Waals surface area (Å²) in [6, 6.07) is 2.53. The van der Waals surface area contributed by atoms with E-state index >= 15 is 0 Å². The SMILES string of the molecule is CCC1(C)C(O)CC1c1cc(F)c(C)cc1F. The van der Waals surface area contributed by atoms with E-state index in [0.717, 1.165) is 6.42 Å². The molecule has 0 bridgehead atoms. The third-order valence-electron chi connectivity index (χ3n) is 4.43. The predicted octanol–water partition coefficient (Wildman–Crippen LogP) is 3.54. The normalized spacial score (nSPS) is 32.4. The highest BCUT2D eigenvalue weighted by Crippen LogP contribution is 2.55. The molecule has 3 atom stereocenters. The number of benzene rings is 1. The van der Waals surface area contributed by atoms with Gasteiger partial charge in [0.15, 0.2) is 0 Å². The highest BCUT2D eigenvalue weighted by atomic mass is 19.1. The third kappa shape index (κ3) is 1.77. The van der Waals surface area contributed by atoms with Gasteiger partial charge in [-0.3, -0.25) is 0 Å². The summed E-state index contributed by atoms with van der Waals surface area (Å²) in [6.45, 7) is 5.46. The average Bonchev–Trinajstić information content (AvgIpc) is 2.30. The summed E-state index contributed by atoms with van der Waals surface area (Å²) in [4.78, 5) is 0. The lowest BCUT2D eigenvalue weighted by molar-refractivity contribution is -0.0788. The number of rotatable bonds is 2. The van der Waals surface area contributed by atoms with E-state index in [2.05, 4.69) is 0 Å². The topological polar surface area (TPSA) is 20.2 Å². The van der Waals surface area contributed by atoms with Gasteiger partial charge in [-0.15, -0.1) is 0 Å². The zero-order valence-electron chi connectivity index (χ0n) is 10.4. The summed E-state index contributed by atoms with van der Waals surface area (Å²) in [5, 5.41) is 9.80. The molecule has 1 aliphatic rings. The molecule has 3 heteroatoms. The van der Waals surface area contributed by atoms with Crippen LogP contribution in [0.3, 0.4) is 0 Å². The minimum atomic E-state index is -0.415. The summed E-state index contributed by atoms with van der Waals surface area (Å²) in [6.07, 6.45) is 0.860. The zero-order chi connectivity index (χ0) is 12.8. The van der Waals surface area contributed by atoms with Gasteiger partial charge < -0.3 is 5.11 Å². The minimum Gasteiger partial charge on any atom is -0.393 e. The number of aliphatic hydroxyl groups excluding tert-OH is 1. The van der Waals surface area contributed by atoms with Crippen molar-refractivity contribution >= 4 is 0 Å². The minimum absolute atomic E-state index is 0.0856. The lowest BCUT2D eigenvalue weighted by atomic mass is 9.55. The van der Waals surface area contributed by atoms with E-state index in [1.807, 2.05) is 13.8 Å². The van der Waals surface area contributed by atoms with Crippen LogP contribution in [0.25, 0.3) is 0 Å². The molecule has 94 valence electrons. The highest BCUT2D eigenvalue weighted by Gasteiger charge is 2.51. The van der Waals surface area contributed by atoms with Gasteiger partial charge >= 0.3 is 0 Å². The molecule has 0 saturated heterocycles. The average molecular weight is 240 g/mol. The van der Waals surface area contributed by atoms with E-state index in [-0.39, 0.29) is 23.0 Å². The first-order chi connectivity index (χ1) is 7.90. The highest BCUT2D eigenvalue weighted by molar-refractivity contribution is 5.32. The van der Waals surface area contributed by atoms with Crippen molar-refractivity contribution in [2.75, 3.05) is 0 Å². The monoisotopic (exact) mass is 240 g/mol. The van der Waals surface area contributed by atoms with Gasteiger partial charge in [-0.1, -0.05) is 13.8 Å². The second kappa shape index (κ2) is 4.05. The molecule has 1 nitrogen and oxygen atoms in total. The second-order valence-corrected chi connectivity index (χ2v) is 5.29. The Balaban J connectivity index is 2.39. The molecule has 0 aliphatic heterocycles. The summed E-state index contributed by atoms with van der Waals surface area (Å²) in [5.74, 6) is -0.820. The van der Waals surface area contributed by atoms with Crippen LogP contribution in [0.5, 0.6) is 0 Å². The fourth-order valence-corrected chi connectivity index (χ4v) is 2.73. The van der Waals surface area contributed by atoms with Crippen molar-refractivity contribution in [3.8, 4) is 0 Å². The van der Waals surface area contributed by atoms with Gasteiger partial charge in [-0.25, -0.2) is 8.78 Å². The maximum Gasteiger partial charge on any atom is 0.127 e. The smallest absolute Gasteiger partial charge is 0.127 e. The van der Waals surface area contributed by atoms with Crippen molar-refractivity contribution in [3.05, 3.63) is 34.9 Å². The second-order valence-electron chi connectivity index (χ2n) is 5.29. The van der Waals surface area contributed by atoms with Crippen LogP contribution in [0.15, 0.2) is 12.1 Å². The van der Waals surface area contributed by atoms with Crippen LogP contribution in [-0.4, -0.2) is 11.2 Å². The molecular weight excluding hydrogens is 222 g/mol. The maximum absolute atomic E-state index is 13.9. The Morgan fingerprint density at radius 2 is 2.00 bits per heavy atom. The summed E-state index contributed by atoms with van der Waals surface area (Å²) >= 11 is 0. The quantitative estimate of drug-likeness (QED) is 0.838. The molecular formula is C14H18F2O. The molecule has 1 N–H and O–H groups in total. The van der Waals surface area contributed by atoms with Crippen LogP contribution in [0, 0.1) is 24.0 Å². The van der Waals surface area contributed by atoms with Gasteiger partial charge in [0.2, 0.25) is 0 Å². The summed E-state index contributed by atoms with van der Waals surface area (Å²) < 4.78 is 27.4. The number of halogens is 2. The molecule has 0 heterocycles. The van der Waals surface area contributed by atoms with Crippen LogP contribution in [-0.2, 0) is 0 Å². The van der Waals surface area contributed by atoms with Gasteiger partial charge in [-0.2, -0.15) is 0 Å². The Morgan fingerprint density at radius 1 is 1.35 bits per heavy atom. The molecule has 1 aromatic rings. The molecule has 3 unspecified atom stereocenters. The number of hydrogen-bond acceptors (Lipinski definition) is 1. The van der Waals surface area contributed by atoms with E-state index in [4.69, 9.17) is 0 Å². The molecule has 0 spiro atoms. The van der Waals surface area contributed by atoms with Crippen LogP contribution >= 0.6 is 0 Å². The number of aryl methyl sites for hydroxylation is 1. The van der Waals surface area contributed by atoms with Crippen molar-refractivity contribution in [1.82, 2.24) is 0 Å². The molecule has 0 amide bonds. The Kier molecular flexibility index (Phi) is 2.98. The fraction of sp³-hybridized carbons (Fsp3) is 0.571. The van der Waals surface area contributed by atoms with Crippen molar-refractivity contribution in [1.29, 1.82) is 0 Å². The van der Waals surface area contributed by atoms with Crippen molar-refractivity contribution in [2.45, 2.75) is 45.6 Å². The largest absolute Gasteiger partial charge is 0.393 e. The molecule has 1 fully saturated rings. The van der Waals surface area contributed by atoms with Crippen LogP contribution in [0.2, 0.25) is 0 Å². The summed E-state index contributed by atoms with van der Waals surface area (Å²) in [7, 11) is 0. The van der Waals surface area contributed by atoms with E-state index in [1.54, 1.807) is 6.92 Å². The van der Waals surface area contributed by atoms with Gasteiger partial charge in [0.05, 0.1) is 6.10 Å². The Morgan fingerprint density at radius 3 is 2.53 bits per heavy atom. The van der Waals surface area contributed by atoms with Gasteiger partial charge in [0.25, 0.3) is 0 Å². The Hall–Kier alpha value is -0.960. The van der Waals surface area contributed by atoms with Gasteiger partial charge in [0, 0.05) is 5.41 Å². The van der Waals surface area contributed by atoms with E-state index < -0.39 is 6.10 Å². The molecule has 1 aromatic carbocycles. The van der Waals surface area contributed by atoms with E-state index in [1.165, 1.54) is 12.1 Å². The van der Waals surface area contributed by atoms with E-state index in [9.17, 15) is 13.9 Å².